The van der Waals surface area contributed by atoms with E-state index in [0.717, 1.165) is 56.3 Å². The molecule has 0 unspecified atom stereocenters. The summed E-state index contributed by atoms with van der Waals surface area (Å²) in [4.78, 5) is 0. The Morgan fingerprint density at radius 2 is 0.392 bits per heavy atom. The highest BCUT2D eigenvalue weighted by Gasteiger charge is 2.06. The summed E-state index contributed by atoms with van der Waals surface area (Å²) in [6.45, 7) is 9.22. The average Bonchev–Trinajstić information content (AvgIpc) is 3.14. The van der Waals surface area contributed by atoms with Gasteiger partial charge in [0.1, 0.15) is 17.2 Å². The molecule has 0 atom stereocenters. The highest BCUT2D eigenvalue weighted by Crippen LogP contribution is 2.29. The molecule has 0 fully saturated rings. The Bertz CT molecular complexity index is 691. The SMILES string of the molecule is CCCCCCCCCCCCCCOc1cc(OCCCCCCCCCCCCCC)cc(OCCCCCCCCCCCCCC)c1. The minimum absolute atomic E-state index is 0.776. The molecule has 0 spiro atoms. The van der Waals surface area contributed by atoms with Crippen molar-refractivity contribution in [1.29, 1.82) is 0 Å². The van der Waals surface area contributed by atoms with Gasteiger partial charge in [-0.3, -0.25) is 0 Å². The highest BCUT2D eigenvalue weighted by atomic mass is 16.5. The van der Waals surface area contributed by atoms with Crippen molar-refractivity contribution in [3.63, 3.8) is 0 Å². The monoisotopic (exact) mass is 715 g/mol. The van der Waals surface area contributed by atoms with Crippen molar-refractivity contribution in [2.45, 2.75) is 252 Å². The summed E-state index contributed by atoms with van der Waals surface area (Å²) in [5, 5.41) is 0. The van der Waals surface area contributed by atoms with Crippen LogP contribution in [0.25, 0.3) is 0 Å². The second-order valence-corrected chi connectivity index (χ2v) is 15.9. The summed E-state index contributed by atoms with van der Waals surface area (Å²) in [7, 11) is 0. The first kappa shape index (κ1) is 47.6. The van der Waals surface area contributed by atoms with Gasteiger partial charge in [0.2, 0.25) is 0 Å². The molecule has 0 aliphatic carbocycles. The fourth-order valence-corrected chi connectivity index (χ4v) is 7.19. The third-order valence-corrected chi connectivity index (χ3v) is 10.7. The van der Waals surface area contributed by atoms with E-state index < -0.39 is 0 Å². The van der Waals surface area contributed by atoms with Crippen molar-refractivity contribution < 1.29 is 14.2 Å². The zero-order chi connectivity index (χ0) is 36.6. The first-order chi connectivity index (χ1) is 25.3. The van der Waals surface area contributed by atoms with E-state index in [-0.39, 0.29) is 0 Å². The second-order valence-electron chi connectivity index (χ2n) is 15.9. The number of ether oxygens (including phenoxy) is 3. The molecule has 0 amide bonds. The molecule has 0 aliphatic rings. The summed E-state index contributed by atoms with van der Waals surface area (Å²) in [6, 6.07) is 6.24. The number of unbranched alkanes of at least 4 members (excludes halogenated alkanes) is 33. The molecule has 3 nitrogen and oxygen atoms in total. The predicted molar refractivity (Wildman–Crippen MR) is 226 cm³/mol. The molecule has 3 heteroatoms. The van der Waals surface area contributed by atoms with Crippen LogP contribution in [-0.2, 0) is 0 Å². The minimum Gasteiger partial charge on any atom is -0.493 e. The molecule has 0 heterocycles. The topological polar surface area (TPSA) is 27.7 Å². The Hall–Kier alpha value is -1.38. The van der Waals surface area contributed by atoms with Gasteiger partial charge in [0.25, 0.3) is 0 Å². The summed E-state index contributed by atoms with van der Waals surface area (Å²) in [5.41, 5.74) is 0. The van der Waals surface area contributed by atoms with Crippen molar-refractivity contribution >= 4 is 0 Å². The van der Waals surface area contributed by atoms with E-state index in [4.69, 9.17) is 14.2 Å². The molecule has 0 N–H and O–H groups in total. The van der Waals surface area contributed by atoms with E-state index in [0.29, 0.717) is 0 Å². The molecule has 51 heavy (non-hydrogen) atoms. The molecule has 300 valence electrons. The fourth-order valence-electron chi connectivity index (χ4n) is 7.19. The standard InChI is InChI=1S/C48H90O3/c1-4-7-10-13-16-19-22-25-28-31-34-37-40-49-46-43-47(50-41-38-35-32-29-26-23-20-17-14-11-8-5-2)45-48(44-46)51-42-39-36-33-30-27-24-21-18-15-12-9-6-3/h43-45H,4-42H2,1-3H3. The van der Waals surface area contributed by atoms with Crippen LogP contribution in [0.1, 0.15) is 252 Å². The fraction of sp³-hybridized carbons (Fsp3) is 0.875. The Labute approximate surface area is 320 Å². The maximum atomic E-state index is 6.26. The number of rotatable bonds is 42. The van der Waals surface area contributed by atoms with Gasteiger partial charge in [-0.05, 0) is 19.3 Å². The first-order valence-electron chi connectivity index (χ1n) is 23.3. The molecule has 0 saturated heterocycles. The van der Waals surface area contributed by atoms with Crippen molar-refractivity contribution in [1.82, 2.24) is 0 Å². The Morgan fingerprint density at radius 1 is 0.235 bits per heavy atom. The Morgan fingerprint density at radius 3 is 0.569 bits per heavy atom. The van der Waals surface area contributed by atoms with Gasteiger partial charge in [-0.1, -0.05) is 233 Å². The van der Waals surface area contributed by atoms with Crippen LogP contribution in [0.4, 0.5) is 0 Å². The van der Waals surface area contributed by atoms with E-state index >= 15 is 0 Å². The normalized spacial score (nSPS) is 11.4. The van der Waals surface area contributed by atoms with Gasteiger partial charge < -0.3 is 14.2 Å². The molecule has 0 bridgehead atoms. The highest BCUT2D eigenvalue weighted by molar-refractivity contribution is 5.42. The van der Waals surface area contributed by atoms with Gasteiger partial charge in [0, 0.05) is 18.2 Å². The van der Waals surface area contributed by atoms with Crippen LogP contribution in [0, 0.1) is 0 Å². The molecular formula is C48H90O3. The third-order valence-electron chi connectivity index (χ3n) is 10.7. The van der Waals surface area contributed by atoms with E-state index in [2.05, 4.69) is 39.0 Å². The Balaban J connectivity index is 2.30. The van der Waals surface area contributed by atoms with Gasteiger partial charge in [-0.15, -0.1) is 0 Å². The van der Waals surface area contributed by atoms with Gasteiger partial charge in [-0.25, -0.2) is 0 Å². The van der Waals surface area contributed by atoms with Gasteiger partial charge in [-0.2, -0.15) is 0 Å². The van der Waals surface area contributed by atoms with E-state index in [1.54, 1.807) is 0 Å². The van der Waals surface area contributed by atoms with E-state index in [9.17, 15) is 0 Å². The van der Waals surface area contributed by atoms with Crippen LogP contribution >= 0.6 is 0 Å². The third kappa shape index (κ3) is 34.2. The largest absolute Gasteiger partial charge is 0.493 e. The zero-order valence-electron chi connectivity index (χ0n) is 35.0. The molecular weight excluding hydrogens is 625 g/mol. The van der Waals surface area contributed by atoms with Crippen LogP contribution in [0.3, 0.4) is 0 Å². The van der Waals surface area contributed by atoms with Crippen LogP contribution in [0.2, 0.25) is 0 Å². The molecule has 0 radical (unpaired) electrons. The average molecular weight is 715 g/mol. The quantitative estimate of drug-likeness (QED) is 0.0631. The molecule has 1 aromatic rings. The van der Waals surface area contributed by atoms with Gasteiger partial charge >= 0.3 is 0 Å². The first-order valence-corrected chi connectivity index (χ1v) is 23.3. The number of hydrogen-bond donors (Lipinski definition) is 0. The molecule has 1 aromatic carbocycles. The zero-order valence-corrected chi connectivity index (χ0v) is 35.0. The summed E-state index contributed by atoms with van der Waals surface area (Å²) in [6.07, 6.45) is 49.1. The summed E-state index contributed by atoms with van der Waals surface area (Å²) in [5.74, 6) is 2.69. The lowest BCUT2D eigenvalue weighted by atomic mass is 10.1. The molecule has 0 saturated carbocycles. The van der Waals surface area contributed by atoms with Crippen molar-refractivity contribution in [2.24, 2.45) is 0 Å². The lowest BCUT2D eigenvalue weighted by molar-refractivity contribution is 0.275. The van der Waals surface area contributed by atoms with Crippen LogP contribution in [0.5, 0.6) is 17.2 Å². The van der Waals surface area contributed by atoms with Crippen LogP contribution < -0.4 is 14.2 Å². The van der Waals surface area contributed by atoms with Crippen LogP contribution in [0.15, 0.2) is 18.2 Å². The van der Waals surface area contributed by atoms with Crippen molar-refractivity contribution in [3.05, 3.63) is 18.2 Å². The summed E-state index contributed by atoms with van der Waals surface area (Å²) < 4.78 is 18.8. The Kier molecular flexibility index (Phi) is 37.2. The lowest BCUT2D eigenvalue weighted by Gasteiger charge is -2.13. The molecule has 0 aromatic heterocycles. The molecule has 1 rings (SSSR count). The van der Waals surface area contributed by atoms with Gasteiger partial charge in [0.15, 0.2) is 0 Å². The number of hydrogen-bond acceptors (Lipinski definition) is 3. The number of benzene rings is 1. The lowest BCUT2D eigenvalue weighted by Crippen LogP contribution is -2.02. The van der Waals surface area contributed by atoms with Crippen LogP contribution in [-0.4, -0.2) is 19.8 Å². The van der Waals surface area contributed by atoms with E-state index in [1.807, 2.05) is 0 Å². The summed E-state index contributed by atoms with van der Waals surface area (Å²) >= 11 is 0. The van der Waals surface area contributed by atoms with Crippen molar-refractivity contribution in [2.75, 3.05) is 19.8 Å². The molecule has 0 aliphatic heterocycles. The van der Waals surface area contributed by atoms with Crippen molar-refractivity contribution in [3.8, 4) is 17.2 Å². The predicted octanol–water partition coefficient (Wildman–Crippen LogP) is 16.9. The van der Waals surface area contributed by atoms with Gasteiger partial charge in [0.05, 0.1) is 19.8 Å². The second kappa shape index (κ2) is 39.8. The maximum absolute atomic E-state index is 6.26. The van der Waals surface area contributed by atoms with E-state index in [1.165, 1.54) is 212 Å². The minimum atomic E-state index is 0.776. The smallest absolute Gasteiger partial charge is 0.126 e. The maximum Gasteiger partial charge on any atom is 0.126 e.